The second-order valence-electron chi connectivity index (χ2n) is 8.98. The molecular formula is C28H34N2O5S. The van der Waals surface area contributed by atoms with Gasteiger partial charge in [0.25, 0.3) is 10.0 Å². The van der Waals surface area contributed by atoms with E-state index in [2.05, 4.69) is 4.90 Å². The third-order valence-corrected chi connectivity index (χ3v) is 8.55. The quantitative estimate of drug-likeness (QED) is 0.409. The van der Waals surface area contributed by atoms with Crippen LogP contribution >= 0.6 is 0 Å². The lowest BCUT2D eigenvalue weighted by Crippen LogP contribution is -2.47. The van der Waals surface area contributed by atoms with Crippen molar-refractivity contribution in [2.75, 3.05) is 38.7 Å². The van der Waals surface area contributed by atoms with Gasteiger partial charge in [-0.1, -0.05) is 35.9 Å². The molecule has 1 aliphatic rings. The Morgan fingerprint density at radius 1 is 0.889 bits per heavy atom. The molecule has 0 aliphatic carbocycles. The summed E-state index contributed by atoms with van der Waals surface area (Å²) in [6.45, 7) is 4.17. The average molecular weight is 511 g/mol. The predicted octanol–water partition coefficient (Wildman–Crippen LogP) is 4.88. The maximum Gasteiger partial charge on any atom is 0.264 e. The number of hydrogen-bond donors (Lipinski definition) is 0. The molecule has 4 rings (SSSR count). The Balaban J connectivity index is 1.59. The second-order valence-corrected chi connectivity index (χ2v) is 10.8. The molecule has 0 bridgehead atoms. The molecule has 0 aromatic heterocycles. The normalized spacial score (nSPS) is 14.9. The number of benzene rings is 3. The van der Waals surface area contributed by atoms with E-state index < -0.39 is 10.0 Å². The van der Waals surface area contributed by atoms with E-state index in [-0.39, 0.29) is 6.04 Å². The van der Waals surface area contributed by atoms with E-state index in [1.54, 1.807) is 43.8 Å². The standard InChI is InChI=1S/C28H34N2O5S/c1-21-11-13-26(14-12-21)36(31,32)30(24-8-6-9-25(19-24)33-2)23-15-17-29(18-16-23)20-22-7-5-10-27(34-3)28(22)35-4/h5-14,19,23H,15-18,20H2,1-4H3. The van der Waals surface area contributed by atoms with Crippen molar-refractivity contribution in [3.63, 3.8) is 0 Å². The highest BCUT2D eigenvalue weighted by molar-refractivity contribution is 7.92. The number of nitrogens with zero attached hydrogens (tertiary/aromatic N) is 2. The van der Waals surface area contributed by atoms with Crippen molar-refractivity contribution < 1.29 is 22.6 Å². The van der Waals surface area contributed by atoms with Crippen LogP contribution in [-0.4, -0.2) is 53.8 Å². The second kappa shape index (κ2) is 11.2. The fourth-order valence-corrected chi connectivity index (χ4v) is 6.45. The fourth-order valence-electron chi connectivity index (χ4n) is 4.75. The Morgan fingerprint density at radius 3 is 2.22 bits per heavy atom. The maximum absolute atomic E-state index is 13.9. The fraction of sp³-hybridized carbons (Fsp3) is 0.357. The first-order chi connectivity index (χ1) is 17.4. The first kappa shape index (κ1) is 25.9. The van der Waals surface area contributed by atoms with Gasteiger partial charge in [-0.15, -0.1) is 0 Å². The van der Waals surface area contributed by atoms with Crippen LogP contribution in [0.15, 0.2) is 71.6 Å². The zero-order chi connectivity index (χ0) is 25.7. The van der Waals surface area contributed by atoms with Crippen LogP contribution in [0, 0.1) is 6.92 Å². The topological polar surface area (TPSA) is 68.3 Å². The van der Waals surface area contributed by atoms with Gasteiger partial charge >= 0.3 is 0 Å². The van der Waals surface area contributed by atoms with E-state index in [1.807, 2.05) is 55.5 Å². The minimum atomic E-state index is -3.77. The smallest absolute Gasteiger partial charge is 0.264 e. The van der Waals surface area contributed by atoms with Crippen molar-refractivity contribution in [2.45, 2.75) is 37.2 Å². The highest BCUT2D eigenvalue weighted by Gasteiger charge is 2.34. The molecule has 192 valence electrons. The van der Waals surface area contributed by atoms with Crippen molar-refractivity contribution in [3.8, 4) is 17.2 Å². The molecule has 0 radical (unpaired) electrons. The molecule has 7 nitrogen and oxygen atoms in total. The number of likely N-dealkylation sites (tertiary alicyclic amines) is 1. The van der Waals surface area contributed by atoms with Gasteiger partial charge in [0.2, 0.25) is 0 Å². The lowest BCUT2D eigenvalue weighted by Gasteiger charge is -2.39. The number of anilines is 1. The molecule has 0 amide bonds. The lowest BCUT2D eigenvalue weighted by atomic mass is 10.0. The van der Waals surface area contributed by atoms with Crippen LogP contribution in [0.5, 0.6) is 17.2 Å². The lowest BCUT2D eigenvalue weighted by molar-refractivity contribution is 0.203. The maximum atomic E-state index is 13.9. The van der Waals surface area contributed by atoms with Gasteiger partial charge in [0.15, 0.2) is 11.5 Å². The molecule has 8 heteroatoms. The van der Waals surface area contributed by atoms with Crippen LogP contribution in [0.25, 0.3) is 0 Å². The first-order valence-electron chi connectivity index (χ1n) is 12.0. The van der Waals surface area contributed by atoms with Crippen LogP contribution < -0.4 is 18.5 Å². The van der Waals surface area contributed by atoms with Gasteiger partial charge in [-0.3, -0.25) is 9.21 Å². The van der Waals surface area contributed by atoms with Crippen LogP contribution in [-0.2, 0) is 16.6 Å². The van der Waals surface area contributed by atoms with Gasteiger partial charge in [-0.05, 0) is 50.1 Å². The largest absolute Gasteiger partial charge is 0.497 e. The number of aryl methyl sites for hydroxylation is 1. The van der Waals surface area contributed by atoms with Crippen molar-refractivity contribution in [2.24, 2.45) is 0 Å². The molecule has 0 saturated carbocycles. The third kappa shape index (κ3) is 5.44. The van der Waals surface area contributed by atoms with Crippen LogP contribution in [0.4, 0.5) is 5.69 Å². The SMILES string of the molecule is COc1cccc(N(C2CCN(Cc3cccc(OC)c3OC)CC2)S(=O)(=O)c2ccc(C)cc2)c1. The van der Waals surface area contributed by atoms with E-state index in [4.69, 9.17) is 14.2 Å². The molecule has 0 N–H and O–H groups in total. The first-order valence-corrected chi connectivity index (χ1v) is 13.5. The Labute approximate surface area is 214 Å². The van der Waals surface area contributed by atoms with E-state index in [1.165, 1.54) is 0 Å². The van der Waals surface area contributed by atoms with E-state index in [0.717, 1.165) is 30.0 Å². The number of sulfonamides is 1. The molecule has 3 aromatic carbocycles. The molecule has 1 saturated heterocycles. The van der Waals surface area contributed by atoms with Gasteiger partial charge in [0.1, 0.15) is 5.75 Å². The van der Waals surface area contributed by atoms with Gasteiger partial charge in [0, 0.05) is 37.3 Å². The summed E-state index contributed by atoms with van der Waals surface area (Å²) in [5.74, 6) is 2.07. The summed E-state index contributed by atoms with van der Waals surface area (Å²) in [6.07, 6.45) is 1.41. The predicted molar refractivity (Wildman–Crippen MR) is 142 cm³/mol. The number of ether oxygens (including phenoxy) is 3. The third-order valence-electron chi connectivity index (χ3n) is 6.65. The monoisotopic (exact) mass is 510 g/mol. The molecule has 0 unspecified atom stereocenters. The number of piperidine rings is 1. The molecular weight excluding hydrogens is 476 g/mol. The molecule has 3 aromatic rings. The highest BCUT2D eigenvalue weighted by atomic mass is 32.2. The summed E-state index contributed by atoms with van der Waals surface area (Å²) in [5.41, 5.74) is 2.68. The Hall–Kier alpha value is -3.23. The molecule has 1 heterocycles. The van der Waals surface area contributed by atoms with E-state index >= 15 is 0 Å². The summed E-state index contributed by atoms with van der Waals surface area (Å²) in [4.78, 5) is 2.62. The summed E-state index contributed by atoms with van der Waals surface area (Å²) in [5, 5.41) is 0. The minimum Gasteiger partial charge on any atom is -0.497 e. The summed E-state index contributed by atoms with van der Waals surface area (Å²) in [6, 6.07) is 20.0. The molecule has 0 spiro atoms. The molecule has 0 atom stereocenters. The Bertz CT molecular complexity index is 1270. The van der Waals surface area contributed by atoms with Crippen LogP contribution in [0.3, 0.4) is 0 Å². The summed E-state index contributed by atoms with van der Waals surface area (Å²) in [7, 11) is 1.10. The summed E-state index contributed by atoms with van der Waals surface area (Å²) >= 11 is 0. The van der Waals surface area contributed by atoms with Crippen molar-refractivity contribution in [3.05, 3.63) is 77.9 Å². The molecule has 1 aliphatic heterocycles. The van der Waals surface area contributed by atoms with Crippen molar-refractivity contribution >= 4 is 15.7 Å². The number of rotatable bonds is 9. The minimum absolute atomic E-state index is 0.174. The van der Waals surface area contributed by atoms with Gasteiger partial charge in [-0.25, -0.2) is 8.42 Å². The number of para-hydroxylation sites is 1. The zero-order valence-corrected chi connectivity index (χ0v) is 22.1. The zero-order valence-electron chi connectivity index (χ0n) is 21.3. The molecule has 1 fully saturated rings. The van der Waals surface area contributed by atoms with Crippen LogP contribution in [0.1, 0.15) is 24.0 Å². The van der Waals surface area contributed by atoms with Gasteiger partial charge in [0.05, 0.1) is 31.9 Å². The number of hydrogen-bond acceptors (Lipinski definition) is 6. The Kier molecular flexibility index (Phi) is 8.06. The summed E-state index contributed by atoms with van der Waals surface area (Å²) < 4.78 is 45.8. The molecule has 36 heavy (non-hydrogen) atoms. The van der Waals surface area contributed by atoms with Crippen molar-refractivity contribution in [1.29, 1.82) is 0 Å². The van der Waals surface area contributed by atoms with E-state index in [0.29, 0.717) is 41.5 Å². The Morgan fingerprint density at radius 2 is 1.58 bits per heavy atom. The van der Waals surface area contributed by atoms with Gasteiger partial charge in [-0.2, -0.15) is 0 Å². The van der Waals surface area contributed by atoms with Crippen LogP contribution in [0.2, 0.25) is 0 Å². The highest BCUT2D eigenvalue weighted by Crippen LogP contribution is 2.35. The van der Waals surface area contributed by atoms with Gasteiger partial charge < -0.3 is 14.2 Å². The van der Waals surface area contributed by atoms with E-state index in [9.17, 15) is 8.42 Å². The number of methoxy groups -OCH3 is 3. The van der Waals surface area contributed by atoms with Crippen molar-refractivity contribution in [1.82, 2.24) is 4.90 Å². The average Bonchev–Trinajstić information content (AvgIpc) is 2.90.